The Hall–Kier alpha value is -4.62. The Balaban J connectivity index is 1.53. The highest BCUT2D eigenvalue weighted by atomic mass is 32.2. The SMILES string of the molecule is CCNc1ccc([C@@H](CC(=O)NCc2nccn2C)c2ccc(C)c(CN3C[C@@H](CC)Oc4ncccc4S3(=O)=O)c2)c(C)c1N=N. The molecular formula is C34H42N8O4S. The first-order chi connectivity index (χ1) is 22.6. The summed E-state index contributed by atoms with van der Waals surface area (Å²) in [5.41, 5.74) is 13.4. The third-order valence-electron chi connectivity index (χ3n) is 8.70. The van der Waals surface area contributed by atoms with Gasteiger partial charge in [-0.15, -0.1) is 0 Å². The number of rotatable bonds is 12. The van der Waals surface area contributed by atoms with E-state index in [9.17, 15) is 13.2 Å². The van der Waals surface area contributed by atoms with E-state index in [1.54, 1.807) is 12.3 Å². The first-order valence-electron chi connectivity index (χ1n) is 15.8. The summed E-state index contributed by atoms with van der Waals surface area (Å²) < 4.78 is 37.1. The van der Waals surface area contributed by atoms with Gasteiger partial charge in [0, 0.05) is 51.1 Å². The number of nitrogens with zero attached hydrogens (tertiary/aromatic N) is 5. The number of carbonyl (C=O) groups is 1. The van der Waals surface area contributed by atoms with Crippen LogP contribution in [0.15, 0.2) is 71.1 Å². The average molecular weight is 659 g/mol. The second kappa shape index (κ2) is 14.4. The number of fused-ring (bicyclic) bond motifs is 1. The van der Waals surface area contributed by atoms with Gasteiger partial charge in [0.25, 0.3) is 0 Å². The molecule has 1 aliphatic heterocycles. The van der Waals surface area contributed by atoms with Gasteiger partial charge in [-0.3, -0.25) is 4.79 Å². The number of sulfonamides is 1. The molecule has 0 saturated heterocycles. The van der Waals surface area contributed by atoms with Crippen molar-refractivity contribution in [3.8, 4) is 5.88 Å². The molecule has 248 valence electrons. The number of pyridine rings is 1. The quantitative estimate of drug-likeness (QED) is 0.164. The van der Waals surface area contributed by atoms with Crippen LogP contribution in [0, 0.1) is 19.4 Å². The summed E-state index contributed by atoms with van der Waals surface area (Å²) in [4.78, 5) is 22.1. The van der Waals surface area contributed by atoms with Gasteiger partial charge in [0.2, 0.25) is 21.8 Å². The molecule has 3 heterocycles. The highest BCUT2D eigenvalue weighted by molar-refractivity contribution is 7.89. The van der Waals surface area contributed by atoms with Crippen LogP contribution in [-0.2, 0) is 35.0 Å². The summed E-state index contributed by atoms with van der Waals surface area (Å²) in [6.45, 7) is 9.06. The van der Waals surface area contributed by atoms with E-state index in [1.165, 1.54) is 16.6 Å². The molecule has 0 saturated carbocycles. The fraction of sp³-hybridized carbons (Fsp3) is 0.382. The Morgan fingerprint density at radius 1 is 1.15 bits per heavy atom. The number of hydrogen-bond acceptors (Lipinski definition) is 9. The Kier molecular flexibility index (Phi) is 10.4. The van der Waals surface area contributed by atoms with Crippen LogP contribution in [0.4, 0.5) is 11.4 Å². The fourth-order valence-corrected chi connectivity index (χ4v) is 7.45. The minimum Gasteiger partial charge on any atom is -0.472 e. The average Bonchev–Trinajstić information content (AvgIpc) is 3.43. The predicted molar refractivity (Wildman–Crippen MR) is 179 cm³/mol. The van der Waals surface area contributed by atoms with Crippen molar-refractivity contribution < 1.29 is 17.9 Å². The summed E-state index contributed by atoms with van der Waals surface area (Å²) in [5.74, 6) is 0.292. The molecule has 1 aliphatic rings. The van der Waals surface area contributed by atoms with Gasteiger partial charge < -0.3 is 19.9 Å². The Bertz CT molecular complexity index is 1870. The number of aryl methyl sites for hydroxylation is 2. The van der Waals surface area contributed by atoms with E-state index in [1.807, 2.05) is 75.8 Å². The second-order valence-electron chi connectivity index (χ2n) is 11.7. The Morgan fingerprint density at radius 3 is 2.66 bits per heavy atom. The van der Waals surface area contributed by atoms with E-state index in [-0.39, 0.29) is 48.8 Å². The molecule has 0 bridgehead atoms. The van der Waals surface area contributed by atoms with Crippen molar-refractivity contribution in [3.63, 3.8) is 0 Å². The molecule has 1 amide bonds. The third kappa shape index (κ3) is 7.20. The van der Waals surface area contributed by atoms with Crippen LogP contribution in [0.5, 0.6) is 5.88 Å². The van der Waals surface area contributed by atoms with Crippen molar-refractivity contribution in [1.82, 2.24) is 24.2 Å². The van der Waals surface area contributed by atoms with Crippen LogP contribution in [0.3, 0.4) is 0 Å². The molecule has 0 unspecified atom stereocenters. The number of benzene rings is 2. The molecule has 3 N–H and O–H groups in total. The smallest absolute Gasteiger partial charge is 0.248 e. The normalized spacial score (nSPS) is 16.4. The number of ether oxygens (including phenoxy) is 1. The number of imidazole rings is 1. The summed E-state index contributed by atoms with van der Waals surface area (Å²) in [6, 6.07) is 12.9. The van der Waals surface area contributed by atoms with Gasteiger partial charge in [0.05, 0.1) is 18.8 Å². The van der Waals surface area contributed by atoms with Gasteiger partial charge in [-0.25, -0.2) is 23.9 Å². The lowest BCUT2D eigenvalue weighted by Gasteiger charge is -2.25. The van der Waals surface area contributed by atoms with Crippen molar-refractivity contribution in [2.24, 2.45) is 12.2 Å². The maximum Gasteiger partial charge on any atom is 0.248 e. The zero-order valence-electron chi connectivity index (χ0n) is 27.4. The molecule has 0 fully saturated rings. The van der Waals surface area contributed by atoms with Crippen LogP contribution in [0.2, 0.25) is 0 Å². The van der Waals surface area contributed by atoms with Crippen LogP contribution >= 0.6 is 0 Å². The predicted octanol–water partition coefficient (Wildman–Crippen LogP) is 5.73. The van der Waals surface area contributed by atoms with Gasteiger partial charge in [-0.1, -0.05) is 31.2 Å². The van der Waals surface area contributed by atoms with E-state index in [4.69, 9.17) is 10.3 Å². The molecular weight excluding hydrogens is 616 g/mol. The standard InChI is InChI=1S/C34H42N8O4S/c1-6-26-21-42(47(44,45)30-9-8-14-38-34(30)46-26)20-25-17-24(11-10-22(25)3)28(18-32(43)39-19-31-37-15-16-41(31)5)27-12-13-29(36-7-2)33(40-35)23(27)4/h8-17,26,28,35-36H,6-7,18-21H2,1-5H3,(H,39,43)/t26-,28+/m1/s1. The van der Waals surface area contributed by atoms with E-state index in [2.05, 4.69) is 25.7 Å². The van der Waals surface area contributed by atoms with Crippen molar-refractivity contribution in [3.05, 3.63) is 94.7 Å². The number of amides is 1. The summed E-state index contributed by atoms with van der Waals surface area (Å²) in [5, 5.41) is 10.1. The molecule has 2 aromatic heterocycles. The lowest BCUT2D eigenvalue weighted by Crippen LogP contribution is -2.36. The Morgan fingerprint density at radius 2 is 1.96 bits per heavy atom. The Labute approximate surface area is 276 Å². The lowest BCUT2D eigenvalue weighted by molar-refractivity contribution is -0.121. The summed E-state index contributed by atoms with van der Waals surface area (Å²) in [7, 11) is -2.03. The highest BCUT2D eigenvalue weighted by Gasteiger charge is 2.35. The largest absolute Gasteiger partial charge is 0.472 e. The zero-order chi connectivity index (χ0) is 33.7. The maximum absolute atomic E-state index is 13.9. The van der Waals surface area contributed by atoms with Gasteiger partial charge in [0.15, 0.2) is 0 Å². The van der Waals surface area contributed by atoms with Crippen LogP contribution in [-0.4, -0.2) is 52.4 Å². The second-order valence-corrected chi connectivity index (χ2v) is 13.7. The molecule has 13 heteroatoms. The number of nitrogens with one attached hydrogen (secondary N) is 3. The first kappa shape index (κ1) is 33.7. The zero-order valence-corrected chi connectivity index (χ0v) is 28.3. The van der Waals surface area contributed by atoms with E-state index in [0.29, 0.717) is 18.7 Å². The maximum atomic E-state index is 13.9. The minimum atomic E-state index is -3.91. The fourth-order valence-electron chi connectivity index (χ4n) is 5.93. The first-order valence-corrected chi connectivity index (χ1v) is 17.2. The van der Waals surface area contributed by atoms with E-state index in [0.717, 1.165) is 39.3 Å². The van der Waals surface area contributed by atoms with Crippen molar-refractivity contribution in [2.75, 3.05) is 18.4 Å². The molecule has 47 heavy (non-hydrogen) atoms. The molecule has 12 nitrogen and oxygen atoms in total. The minimum absolute atomic E-state index is 0.0510. The topological polar surface area (TPSA) is 155 Å². The van der Waals surface area contributed by atoms with Crippen molar-refractivity contribution in [2.45, 2.75) is 70.5 Å². The molecule has 0 aliphatic carbocycles. The molecule has 0 spiro atoms. The van der Waals surface area contributed by atoms with Crippen molar-refractivity contribution >= 4 is 27.3 Å². The van der Waals surface area contributed by atoms with Crippen LogP contribution in [0.1, 0.15) is 66.2 Å². The van der Waals surface area contributed by atoms with E-state index >= 15 is 0 Å². The third-order valence-corrected chi connectivity index (χ3v) is 10.5. The highest BCUT2D eigenvalue weighted by Crippen LogP contribution is 2.39. The summed E-state index contributed by atoms with van der Waals surface area (Å²) >= 11 is 0. The van der Waals surface area contributed by atoms with Crippen LogP contribution < -0.4 is 15.4 Å². The summed E-state index contributed by atoms with van der Waals surface area (Å²) in [6.07, 6.45) is 5.43. The van der Waals surface area contributed by atoms with Crippen LogP contribution in [0.25, 0.3) is 0 Å². The van der Waals surface area contributed by atoms with Crippen molar-refractivity contribution in [1.29, 1.82) is 5.53 Å². The number of anilines is 1. The van der Waals surface area contributed by atoms with E-state index < -0.39 is 15.9 Å². The molecule has 2 aromatic carbocycles. The molecule has 0 radical (unpaired) electrons. The monoisotopic (exact) mass is 658 g/mol. The van der Waals surface area contributed by atoms with Gasteiger partial charge in [0.1, 0.15) is 22.5 Å². The lowest BCUT2D eigenvalue weighted by atomic mass is 9.83. The molecule has 5 rings (SSSR count). The molecule has 4 aromatic rings. The number of carbonyl (C=O) groups excluding carboxylic acids is 1. The number of hydrogen-bond donors (Lipinski definition) is 3. The van der Waals surface area contributed by atoms with Gasteiger partial charge in [-0.05, 0) is 73.2 Å². The molecule has 2 atom stereocenters. The van der Waals surface area contributed by atoms with Gasteiger partial charge in [-0.2, -0.15) is 9.42 Å². The number of aromatic nitrogens is 3. The van der Waals surface area contributed by atoms with Gasteiger partial charge >= 0.3 is 0 Å².